The first kappa shape index (κ1) is 13.6. The van der Waals surface area contributed by atoms with Crippen molar-refractivity contribution in [3.63, 3.8) is 0 Å². The van der Waals surface area contributed by atoms with E-state index in [2.05, 4.69) is 35.0 Å². The van der Waals surface area contributed by atoms with E-state index >= 15 is 0 Å². The summed E-state index contributed by atoms with van der Waals surface area (Å²) < 4.78 is 5.75. The molecule has 106 valence electrons. The van der Waals surface area contributed by atoms with Crippen LogP contribution in [0.4, 0.5) is 5.82 Å². The number of halogens is 1. The highest BCUT2D eigenvalue weighted by molar-refractivity contribution is 6.34. The summed E-state index contributed by atoms with van der Waals surface area (Å²) in [4.78, 5) is 2.31. The van der Waals surface area contributed by atoms with Crippen LogP contribution in [0.5, 0.6) is 0 Å². The predicted octanol–water partition coefficient (Wildman–Crippen LogP) is 3.29. The Morgan fingerprint density at radius 2 is 2.05 bits per heavy atom. The molecule has 0 spiro atoms. The maximum absolute atomic E-state index is 6.15. The van der Waals surface area contributed by atoms with Gasteiger partial charge in [-0.15, -0.1) is 10.2 Å². The van der Waals surface area contributed by atoms with Gasteiger partial charge in [-0.3, -0.25) is 0 Å². The van der Waals surface area contributed by atoms with Gasteiger partial charge in [0.1, 0.15) is 0 Å². The van der Waals surface area contributed by atoms with Gasteiger partial charge in [0.2, 0.25) is 0 Å². The Labute approximate surface area is 123 Å². The molecule has 1 aliphatic heterocycles. The summed E-state index contributed by atoms with van der Waals surface area (Å²) in [5.41, 5.74) is 0. The SMILES string of the molecule is CCC1COC(C)CN1c1nnc(Cl)c2ccccc12. The average molecular weight is 292 g/mol. The molecule has 1 aromatic carbocycles. The van der Waals surface area contributed by atoms with Gasteiger partial charge in [0, 0.05) is 17.3 Å². The Morgan fingerprint density at radius 1 is 1.30 bits per heavy atom. The highest BCUT2D eigenvalue weighted by Gasteiger charge is 2.28. The Kier molecular flexibility index (Phi) is 3.76. The fourth-order valence-corrected chi connectivity index (χ4v) is 2.91. The summed E-state index contributed by atoms with van der Waals surface area (Å²) in [6.07, 6.45) is 1.22. The summed E-state index contributed by atoms with van der Waals surface area (Å²) in [5, 5.41) is 10.9. The van der Waals surface area contributed by atoms with E-state index in [1.807, 2.05) is 18.2 Å². The minimum absolute atomic E-state index is 0.203. The Balaban J connectivity index is 2.10. The number of benzene rings is 1. The third-order valence-electron chi connectivity index (χ3n) is 3.83. The van der Waals surface area contributed by atoms with Crippen LogP contribution in [-0.2, 0) is 4.74 Å². The van der Waals surface area contributed by atoms with Crippen LogP contribution in [0.3, 0.4) is 0 Å². The van der Waals surface area contributed by atoms with Crippen molar-refractivity contribution in [1.82, 2.24) is 10.2 Å². The Hall–Kier alpha value is -1.39. The lowest BCUT2D eigenvalue weighted by molar-refractivity contribution is 0.0297. The second kappa shape index (κ2) is 5.54. The number of fused-ring (bicyclic) bond motifs is 1. The number of anilines is 1. The van der Waals surface area contributed by atoms with Crippen LogP contribution in [0.25, 0.3) is 10.8 Å². The van der Waals surface area contributed by atoms with Crippen LogP contribution in [0.2, 0.25) is 5.15 Å². The molecule has 20 heavy (non-hydrogen) atoms. The minimum atomic E-state index is 0.203. The summed E-state index contributed by atoms with van der Waals surface area (Å²) in [6, 6.07) is 8.36. The van der Waals surface area contributed by atoms with Crippen molar-refractivity contribution in [2.24, 2.45) is 0 Å². The fourth-order valence-electron chi connectivity index (χ4n) is 2.71. The Morgan fingerprint density at radius 3 is 2.80 bits per heavy atom. The van der Waals surface area contributed by atoms with E-state index in [4.69, 9.17) is 16.3 Å². The van der Waals surface area contributed by atoms with Crippen molar-refractivity contribution in [3.05, 3.63) is 29.4 Å². The molecule has 2 aromatic rings. The molecule has 0 amide bonds. The maximum atomic E-state index is 6.15. The minimum Gasteiger partial charge on any atom is -0.375 e. The zero-order valence-corrected chi connectivity index (χ0v) is 12.5. The fraction of sp³-hybridized carbons (Fsp3) is 0.467. The van der Waals surface area contributed by atoms with E-state index in [9.17, 15) is 0 Å². The molecular formula is C15H18ClN3O. The molecule has 2 atom stereocenters. The molecule has 0 N–H and O–H groups in total. The standard InChI is InChI=1S/C15H18ClN3O/c1-3-11-9-20-10(2)8-19(11)15-13-7-5-4-6-12(13)14(16)17-18-15/h4-7,10-11H,3,8-9H2,1-2H3. The lowest BCUT2D eigenvalue weighted by Gasteiger charge is -2.39. The molecule has 1 fully saturated rings. The van der Waals surface area contributed by atoms with Crippen molar-refractivity contribution >= 4 is 28.2 Å². The van der Waals surface area contributed by atoms with E-state index in [0.29, 0.717) is 11.2 Å². The lowest BCUT2D eigenvalue weighted by atomic mass is 10.1. The zero-order chi connectivity index (χ0) is 14.1. The summed E-state index contributed by atoms with van der Waals surface area (Å²) >= 11 is 6.15. The third kappa shape index (κ3) is 2.34. The number of hydrogen-bond acceptors (Lipinski definition) is 4. The van der Waals surface area contributed by atoms with Crippen LogP contribution >= 0.6 is 11.6 Å². The van der Waals surface area contributed by atoms with Crippen molar-refractivity contribution in [2.75, 3.05) is 18.1 Å². The highest BCUT2D eigenvalue weighted by atomic mass is 35.5. The molecule has 0 bridgehead atoms. The van der Waals surface area contributed by atoms with Gasteiger partial charge in [0.05, 0.1) is 18.8 Å². The lowest BCUT2D eigenvalue weighted by Crippen LogP contribution is -2.49. The predicted molar refractivity (Wildman–Crippen MR) is 81.4 cm³/mol. The van der Waals surface area contributed by atoms with Gasteiger partial charge in [-0.2, -0.15) is 0 Å². The molecule has 0 aliphatic carbocycles. The monoisotopic (exact) mass is 291 g/mol. The molecule has 3 rings (SSSR count). The van der Waals surface area contributed by atoms with Gasteiger partial charge < -0.3 is 9.64 Å². The van der Waals surface area contributed by atoms with Crippen molar-refractivity contribution < 1.29 is 4.74 Å². The summed E-state index contributed by atoms with van der Waals surface area (Å²) in [7, 11) is 0. The first-order valence-corrected chi connectivity index (χ1v) is 7.37. The highest BCUT2D eigenvalue weighted by Crippen LogP contribution is 2.31. The van der Waals surface area contributed by atoms with E-state index in [0.717, 1.165) is 36.2 Å². The van der Waals surface area contributed by atoms with Crippen molar-refractivity contribution in [1.29, 1.82) is 0 Å². The summed E-state index contributed by atoms with van der Waals surface area (Å²) in [6.45, 7) is 5.82. The molecule has 2 heterocycles. The number of morpholine rings is 1. The van der Waals surface area contributed by atoms with E-state index in [1.54, 1.807) is 0 Å². The third-order valence-corrected chi connectivity index (χ3v) is 4.11. The van der Waals surface area contributed by atoms with Crippen LogP contribution in [0.1, 0.15) is 20.3 Å². The maximum Gasteiger partial charge on any atom is 0.159 e. The van der Waals surface area contributed by atoms with Crippen molar-refractivity contribution in [2.45, 2.75) is 32.4 Å². The molecule has 1 aliphatic rings. The van der Waals surface area contributed by atoms with Crippen LogP contribution < -0.4 is 4.90 Å². The van der Waals surface area contributed by atoms with Crippen molar-refractivity contribution in [3.8, 4) is 0 Å². The van der Waals surface area contributed by atoms with E-state index in [-0.39, 0.29) is 6.10 Å². The quantitative estimate of drug-likeness (QED) is 0.851. The molecule has 4 nitrogen and oxygen atoms in total. The molecule has 5 heteroatoms. The van der Waals surface area contributed by atoms with E-state index in [1.165, 1.54) is 0 Å². The second-order valence-corrected chi connectivity index (χ2v) is 5.58. The van der Waals surface area contributed by atoms with E-state index < -0.39 is 0 Å². The smallest absolute Gasteiger partial charge is 0.159 e. The number of hydrogen-bond donors (Lipinski definition) is 0. The Bertz CT molecular complexity index is 619. The molecule has 2 unspecified atom stereocenters. The molecule has 0 radical (unpaired) electrons. The van der Waals surface area contributed by atoms with Crippen LogP contribution in [0, 0.1) is 0 Å². The van der Waals surface area contributed by atoms with Gasteiger partial charge in [0.15, 0.2) is 11.0 Å². The second-order valence-electron chi connectivity index (χ2n) is 5.22. The average Bonchev–Trinajstić information content (AvgIpc) is 2.48. The molecule has 0 saturated carbocycles. The number of aromatic nitrogens is 2. The topological polar surface area (TPSA) is 38.2 Å². The van der Waals surface area contributed by atoms with Gasteiger partial charge in [-0.05, 0) is 13.3 Å². The molecule has 1 saturated heterocycles. The van der Waals surface area contributed by atoms with Crippen LogP contribution in [0.15, 0.2) is 24.3 Å². The number of ether oxygens (including phenoxy) is 1. The van der Waals surface area contributed by atoms with Gasteiger partial charge in [-0.25, -0.2) is 0 Å². The number of nitrogens with zero attached hydrogens (tertiary/aromatic N) is 3. The molecular weight excluding hydrogens is 274 g/mol. The largest absolute Gasteiger partial charge is 0.375 e. The normalized spacial score (nSPS) is 23.2. The molecule has 1 aromatic heterocycles. The summed E-state index contributed by atoms with van der Waals surface area (Å²) in [5.74, 6) is 0.909. The zero-order valence-electron chi connectivity index (χ0n) is 11.7. The first-order chi connectivity index (χ1) is 9.70. The van der Waals surface area contributed by atoms with Crippen LogP contribution in [-0.4, -0.2) is 35.5 Å². The van der Waals surface area contributed by atoms with Gasteiger partial charge in [0.25, 0.3) is 0 Å². The first-order valence-electron chi connectivity index (χ1n) is 7.00. The van der Waals surface area contributed by atoms with Gasteiger partial charge >= 0.3 is 0 Å². The van der Waals surface area contributed by atoms with Gasteiger partial charge in [-0.1, -0.05) is 42.8 Å². The number of rotatable bonds is 2.